The lowest BCUT2D eigenvalue weighted by atomic mass is 10.1. The maximum atomic E-state index is 12.6. The van der Waals surface area contributed by atoms with E-state index in [2.05, 4.69) is 15.5 Å². The van der Waals surface area contributed by atoms with Gasteiger partial charge in [-0.15, -0.1) is 10.2 Å². The fraction of sp³-hybridized carbons (Fsp3) is 0.304. The Morgan fingerprint density at radius 2 is 1.97 bits per heavy atom. The minimum atomic E-state index is -0.360. The van der Waals surface area contributed by atoms with E-state index in [1.54, 1.807) is 11.0 Å². The van der Waals surface area contributed by atoms with Crippen LogP contribution in [0, 0.1) is 0 Å². The lowest BCUT2D eigenvalue weighted by molar-refractivity contribution is -0.121. The highest BCUT2D eigenvalue weighted by atomic mass is 32.2. The number of ether oxygens (including phenoxy) is 2. The highest BCUT2D eigenvalue weighted by Crippen LogP contribution is 2.37. The van der Waals surface area contributed by atoms with Crippen molar-refractivity contribution >= 4 is 35.0 Å². The third-order valence-corrected chi connectivity index (χ3v) is 6.19. The third-order valence-electron chi connectivity index (χ3n) is 5.17. The molecule has 3 aromatic rings. The lowest BCUT2D eigenvalue weighted by Crippen LogP contribution is -2.41. The van der Waals surface area contributed by atoms with Gasteiger partial charge in [0, 0.05) is 7.05 Å². The molecule has 0 saturated heterocycles. The maximum absolute atomic E-state index is 12.6. The van der Waals surface area contributed by atoms with Crippen LogP contribution in [0.2, 0.25) is 0 Å². The number of thioether (sulfide) groups is 1. The smallest absolute Gasteiger partial charge is 0.265 e. The number of nitrogens with one attached hydrogen (secondary N) is 1. The first-order chi connectivity index (χ1) is 16.0. The molecule has 4 rings (SSSR count). The topological polar surface area (TPSA) is 98.6 Å². The van der Waals surface area contributed by atoms with Crippen LogP contribution in [-0.4, -0.2) is 45.5 Å². The fourth-order valence-electron chi connectivity index (χ4n) is 3.65. The van der Waals surface area contributed by atoms with Crippen molar-refractivity contribution in [3.05, 3.63) is 54.4 Å². The van der Waals surface area contributed by atoms with E-state index in [0.717, 1.165) is 0 Å². The Morgan fingerprint density at radius 3 is 2.79 bits per heavy atom. The molecule has 0 bridgehead atoms. The molecule has 0 aliphatic carbocycles. The number of nitrogens with zero attached hydrogens (tertiary/aromatic N) is 4. The number of carbonyl (C=O) groups is 2. The molecule has 33 heavy (non-hydrogen) atoms. The number of amides is 2. The number of carbonyl (C=O) groups excluding carboxylic acids is 2. The molecule has 1 aromatic heterocycles. The summed E-state index contributed by atoms with van der Waals surface area (Å²) in [5, 5.41) is 12.0. The van der Waals surface area contributed by atoms with Gasteiger partial charge in [-0.3, -0.25) is 14.5 Å². The Labute approximate surface area is 196 Å². The molecule has 0 unspecified atom stereocenters. The zero-order chi connectivity index (χ0) is 23.4. The first-order valence-corrected chi connectivity index (χ1v) is 11.6. The van der Waals surface area contributed by atoms with Crippen LogP contribution < -0.4 is 19.7 Å². The van der Waals surface area contributed by atoms with Gasteiger partial charge < -0.3 is 19.4 Å². The number of rotatable bonds is 8. The summed E-state index contributed by atoms with van der Waals surface area (Å²) in [6.07, 6.45) is 0. The van der Waals surface area contributed by atoms with Crippen LogP contribution in [0.25, 0.3) is 0 Å². The normalized spacial score (nSPS) is 13.8. The van der Waals surface area contributed by atoms with E-state index in [9.17, 15) is 9.59 Å². The van der Waals surface area contributed by atoms with Crippen molar-refractivity contribution in [3.8, 4) is 11.5 Å². The summed E-state index contributed by atoms with van der Waals surface area (Å²) in [4.78, 5) is 26.8. The van der Waals surface area contributed by atoms with Crippen molar-refractivity contribution in [2.24, 2.45) is 7.05 Å². The van der Waals surface area contributed by atoms with Gasteiger partial charge >= 0.3 is 0 Å². The average molecular weight is 468 g/mol. The number of aromatic nitrogens is 3. The Morgan fingerprint density at radius 1 is 1.21 bits per heavy atom. The van der Waals surface area contributed by atoms with Gasteiger partial charge in [-0.25, -0.2) is 0 Å². The second kappa shape index (κ2) is 9.95. The van der Waals surface area contributed by atoms with Gasteiger partial charge in [-0.05, 0) is 38.1 Å². The number of benzene rings is 2. The monoisotopic (exact) mass is 467 g/mol. The van der Waals surface area contributed by atoms with Crippen LogP contribution in [-0.2, 0) is 16.6 Å². The molecule has 1 atom stereocenters. The fourth-order valence-corrected chi connectivity index (χ4v) is 4.36. The van der Waals surface area contributed by atoms with E-state index >= 15 is 0 Å². The first-order valence-electron chi connectivity index (χ1n) is 10.6. The first kappa shape index (κ1) is 22.7. The van der Waals surface area contributed by atoms with E-state index in [0.29, 0.717) is 40.5 Å². The van der Waals surface area contributed by atoms with Crippen LogP contribution in [0.4, 0.5) is 11.4 Å². The molecular weight excluding hydrogens is 442 g/mol. The summed E-state index contributed by atoms with van der Waals surface area (Å²) in [6.45, 7) is 4.28. The molecule has 1 N–H and O–H groups in total. The highest BCUT2D eigenvalue weighted by molar-refractivity contribution is 7.99. The van der Waals surface area contributed by atoms with E-state index in [1.807, 2.05) is 67.9 Å². The molecule has 1 aliphatic heterocycles. The Bertz CT molecular complexity index is 1170. The molecule has 0 fully saturated rings. The molecule has 2 amide bonds. The van der Waals surface area contributed by atoms with Gasteiger partial charge in [0.1, 0.15) is 11.5 Å². The van der Waals surface area contributed by atoms with Crippen molar-refractivity contribution in [3.63, 3.8) is 0 Å². The SMILES string of the molecule is CCOc1ccccc1NC(=O)CSc1nnc([C@@H](C)N2C(=O)COc3ccccc32)n1C. The van der Waals surface area contributed by atoms with Crippen LogP contribution >= 0.6 is 11.8 Å². The van der Waals surface area contributed by atoms with Crippen molar-refractivity contribution in [1.82, 2.24) is 14.8 Å². The van der Waals surface area contributed by atoms with E-state index in [4.69, 9.17) is 9.47 Å². The molecule has 9 nitrogen and oxygen atoms in total. The largest absolute Gasteiger partial charge is 0.492 e. The number of hydrogen-bond donors (Lipinski definition) is 1. The van der Waals surface area contributed by atoms with Crippen LogP contribution in [0.15, 0.2) is 53.7 Å². The van der Waals surface area contributed by atoms with E-state index < -0.39 is 0 Å². The summed E-state index contributed by atoms with van der Waals surface area (Å²) in [7, 11) is 1.83. The van der Waals surface area contributed by atoms with Crippen molar-refractivity contribution < 1.29 is 19.1 Å². The Kier molecular flexibility index (Phi) is 6.83. The second-order valence-electron chi connectivity index (χ2n) is 7.36. The van der Waals surface area contributed by atoms with Crippen LogP contribution in [0.3, 0.4) is 0 Å². The van der Waals surface area contributed by atoms with Crippen molar-refractivity contribution in [1.29, 1.82) is 0 Å². The van der Waals surface area contributed by atoms with Crippen molar-refractivity contribution in [2.75, 3.05) is 29.2 Å². The van der Waals surface area contributed by atoms with Gasteiger partial charge in [0.15, 0.2) is 17.6 Å². The van der Waals surface area contributed by atoms with Crippen LogP contribution in [0.5, 0.6) is 11.5 Å². The Balaban J connectivity index is 1.44. The van der Waals surface area contributed by atoms with Crippen molar-refractivity contribution in [2.45, 2.75) is 25.0 Å². The molecule has 0 saturated carbocycles. The number of para-hydroxylation sites is 4. The molecule has 0 radical (unpaired) electrons. The number of anilines is 2. The quantitative estimate of drug-likeness (QED) is 0.507. The molecule has 2 aromatic carbocycles. The summed E-state index contributed by atoms with van der Waals surface area (Å²) in [5.41, 5.74) is 1.33. The number of fused-ring (bicyclic) bond motifs is 1. The van der Waals surface area contributed by atoms with Gasteiger partial charge in [-0.1, -0.05) is 36.0 Å². The van der Waals surface area contributed by atoms with Gasteiger partial charge in [0.25, 0.3) is 5.91 Å². The predicted molar refractivity (Wildman–Crippen MR) is 126 cm³/mol. The summed E-state index contributed by atoms with van der Waals surface area (Å²) in [5.74, 6) is 1.73. The lowest BCUT2D eigenvalue weighted by Gasteiger charge is -2.33. The maximum Gasteiger partial charge on any atom is 0.265 e. The third kappa shape index (κ3) is 4.80. The zero-order valence-corrected chi connectivity index (χ0v) is 19.5. The number of hydrogen-bond acceptors (Lipinski definition) is 7. The molecule has 0 spiro atoms. The van der Waals surface area contributed by atoms with Gasteiger partial charge in [-0.2, -0.15) is 0 Å². The standard InChI is InChI=1S/C23H25N5O4S/c1-4-31-18-11-7-5-9-16(18)24-20(29)14-33-23-26-25-22(27(23)3)15(2)28-17-10-6-8-12-19(17)32-13-21(28)30/h5-12,15H,4,13-14H2,1-3H3,(H,24,29)/t15-/m1/s1. The molecule has 10 heteroatoms. The summed E-state index contributed by atoms with van der Waals surface area (Å²) in [6, 6.07) is 14.4. The van der Waals surface area contributed by atoms with E-state index in [1.165, 1.54) is 11.8 Å². The predicted octanol–water partition coefficient (Wildman–Crippen LogP) is 3.43. The van der Waals surface area contributed by atoms with Gasteiger partial charge in [0.2, 0.25) is 5.91 Å². The molecular formula is C23H25N5O4S. The second-order valence-corrected chi connectivity index (χ2v) is 8.30. The summed E-state index contributed by atoms with van der Waals surface area (Å²) < 4.78 is 12.9. The molecule has 1 aliphatic rings. The zero-order valence-electron chi connectivity index (χ0n) is 18.6. The highest BCUT2D eigenvalue weighted by Gasteiger charge is 2.32. The Hall–Kier alpha value is -3.53. The minimum absolute atomic E-state index is 0.0236. The molecule has 172 valence electrons. The van der Waals surface area contributed by atoms with E-state index in [-0.39, 0.29) is 30.2 Å². The minimum Gasteiger partial charge on any atom is -0.492 e. The molecule has 2 heterocycles. The van der Waals surface area contributed by atoms with Gasteiger partial charge in [0.05, 0.1) is 29.8 Å². The van der Waals surface area contributed by atoms with Crippen LogP contribution in [0.1, 0.15) is 25.7 Å². The summed E-state index contributed by atoms with van der Waals surface area (Å²) >= 11 is 1.27. The average Bonchev–Trinajstić information content (AvgIpc) is 3.19.